The number of ether oxygens (including phenoxy) is 1. The maximum absolute atomic E-state index is 10.7. The van der Waals surface area contributed by atoms with E-state index in [-0.39, 0.29) is 12.4 Å². The lowest BCUT2D eigenvalue weighted by Crippen LogP contribution is -1.96. The molecule has 1 heterocycles. The normalized spacial score (nSPS) is 10.6. The summed E-state index contributed by atoms with van der Waals surface area (Å²) in [5, 5.41) is 4.11. The quantitative estimate of drug-likeness (QED) is 0.652. The van der Waals surface area contributed by atoms with Gasteiger partial charge < -0.3 is 4.74 Å². The minimum Gasteiger partial charge on any atom is -0.469 e. The number of rotatable bonds is 3. The van der Waals surface area contributed by atoms with Gasteiger partial charge in [-0.15, -0.1) is 0 Å². The molecule has 13 heavy (non-hydrogen) atoms. The number of hydrogen-bond acceptors (Lipinski definition) is 3. The van der Waals surface area contributed by atoms with Gasteiger partial charge in [0.15, 0.2) is 0 Å². The summed E-state index contributed by atoms with van der Waals surface area (Å²) in [4.78, 5) is 10.7. The summed E-state index contributed by atoms with van der Waals surface area (Å²) in [6.45, 7) is 0. The van der Waals surface area contributed by atoms with Crippen molar-refractivity contribution in [2.24, 2.45) is 7.05 Å². The fraction of sp³-hybridized carbons (Fsp3) is 0.333. The van der Waals surface area contributed by atoms with Gasteiger partial charge in [-0.3, -0.25) is 9.48 Å². The molecule has 0 aliphatic rings. The van der Waals surface area contributed by atoms with Gasteiger partial charge in [0.05, 0.1) is 19.2 Å². The van der Waals surface area contributed by atoms with Gasteiger partial charge in [0, 0.05) is 13.2 Å². The minimum atomic E-state index is -0.243. The van der Waals surface area contributed by atoms with Crippen LogP contribution < -0.4 is 0 Å². The fourth-order valence-electron chi connectivity index (χ4n) is 0.881. The summed E-state index contributed by atoms with van der Waals surface area (Å²) in [6.07, 6.45) is 5.65. The summed E-state index contributed by atoms with van der Waals surface area (Å²) >= 11 is 0. The zero-order valence-electron chi connectivity index (χ0n) is 7.73. The first-order valence-electron chi connectivity index (χ1n) is 3.95. The predicted molar refractivity (Wildman–Crippen MR) is 48.9 cm³/mol. The van der Waals surface area contributed by atoms with Crippen molar-refractivity contribution in [3.8, 4) is 0 Å². The number of aromatic nitrogens is 2. The molecule has 0 unspecified atom stereocenters. The van der Waals surface area contributed by atoms with Crippen molar-refractivity contribution in [2.45, 2.75) is 6.42 Å². The summed E-state index contributed by atoms with van der Waals surface area (Å²) in [5.74, 6) is -0.243. The SMILES string of the molecule is COC(=O)CC=Cc1ccn(C)n1. The molecule has 4 nitrogen and oxygen atoms in total. The molecule has 0 atom stereocenters. The zero-order chi connectivity index (χ0) is 9.68. The van der Waals surface area contributed by atoms with Gasteiger partial charge in [-0.25, -0.2) is 0 Å². The van der Waals surface area contributed by atoms with Crippen LogP contribution in [0.1, 0.15) is 12.1 Å². The summed E-state index contributed by atoms with van der Waals surface area (Å²) < 4.78 is 6.18. The third-order valence-electron chi connectivity index (χ3n) is 1.54. The molecular weight excluding hydrogens is 168 g/mol. The molecule has 1 aromatic rings. The second-order valence-corrected chi connectivity index (χ2v) is 2.60. The second kappa shape index (κ2) is 4.45. The van der Waals surface area contributed by atoms with Crippen LogP contribution in [-0.4, -0.2) is 22.9 Å². The largest absolute Gasteiger partial charge is 0.469 e. The molecule has 0 aliphatic heterocycles. The summed E-state index contributed by atoms with van der Waals surface area (Å²) in [6, 6.07) is 1.87. The number of carbonyl (C=O) groups is 1. The average Bonchev–Trinajstić information content (AvgIpc) is 2.51. The molecule has 0 aromatic carbocycles. The van der Waals surface area contributed by atoms with Crippen LogP contribution in [0.5, 0.6) is 0 Å². The number of carbonyl (C=O) groups excluding carboxylic acids is 1. The van der Waals surface area contributed by atoms with Crippen molar-refractivity contribution in [3.05, 3.63) is 24.0 Å². The van der Waals surface area contributed by atoms with E-state index in [0.717, 1.165) is 5.69 Å². The molecule has 4 heteroatoms. The van der Waals surface area contributed by atoms with Crippen LogP contribution in [0.3, 0.4) is 0 Å². The molecule has 0 fully saturated rings. The van der Waals surface area contributed by atoms with E-state index in [1.807, 2.05) is 19.3 Å². The highest BCUT2D eigenvalue weighted by Gasteiger charge is 1.94. The molecule has 0 spiro atoms. The first kappa shape index (κ1) is 9.51. The number of aryl methyl sites for hydroxylation is 1. The maximum atomic E-state index is 10.7. The molecule has 0 N–H and O–H groups in total. The number of nitrogens with zero attached hydrogens (tertiary/aromatic N) is 2. The average molecular weight is 180 g/mol. The Bertz CT molecular complexity index is 315. The first-order chi connectivity index (χ1) is 6.22. The zero-order valence-corrected chi connectivity index (χ0v) is 7.73. The third kappa shape index (κ3) is 3.11. The van der Waals surface area contributed by atoms with Crippen molar-refractivity contribution in [3.63, 3.8) is 0 Å². The Morgan fingerprint density at radius 1 is 1.77 bits per heavy atom. The van der Waals surface area contributed by atoms with E-state index >= 15 is 0 Å². The Labute approximate surface area is 76.8 Å². The molecule has 0 saturated carbocycles. The number of methoxy groups -OCH3 is 1. The molecule has 1 aromatic heterocycles. The van der Waals surface area contributed by atoms with Crippen LogP contribution in [0.2, 0.25) is 0 Å². The first-order valence-corrected chi connectivity index (χ1v) is 3.95. The van der Waals surface area contributed by atoms with E-state index in [1.54, 1.807) is 16.8 Å². The van der Waals surface area contributed by atoms with Crippen molar-refractivity contribution in [2.75, 3.05) is 7.11 Å². The van der Waals surface area contributed by atoms with Crippen LogP contribution in [0.25, 0.3) is 6.08 Å². The van der Waals surface area contributed by atoms with Gasteiger partial charge in [-0.2, -0.15) is 5.10 Å². The summed E-state index contributed by atoms with van der Waals surface area (Å²) in [5.41, 5.74) is 0.839. The fourth-order valence-corrected chi connectivity index (χ4v) is 0.881. The predicted octanol–water partition coefficient (Wildman–Crippen LogP) is 0.996. The number of esters is 1. The van der Waals surface area contributed by atoms with Crippen molar-refractivity contribution in [1.29, 1.82) is 0 Å². The molecule has 1 rings (SSSR count). The van der Waals surface area contributed by atoms with Crippen LogP contribution in [-0.2, 0) is 16.6 Å². The minimum absolute atomic E-state index is 0.243. The van der Waals surface area contributed by atoms with Crippen LogP contribution in [0.4, 0.5) is 0 Å². The molecule has 0 saturated heterocycles. The summed E-state index contributed by atoms with van der Waals surface area (Å²) in [7, 11) is 3.22. The van der Waals surface area contributed by atoms with Crippen LogP contribution >= 0.6 is 0 Å². The molecule has 0 radical (unpaired) electrons. The maximum Gasteiger partial charge on any atom is 0.309 e. The number of hydrogen-bond donors (Lipinski definition) is 0. The lowest BCUT2D eigenvalue weighted by molar-refractivity contribution is -0.139. The topological polar surface area (TPSA) is 44.1 Å². The Balaban J connectivity index is 2.45. The Hall–Kier alpha value is -1.58. The monoisotopic (exact) mass is 180 g/mol. The van der Waals surface area contributed by atoms with Gasteiger partial charge >= 0.3 is 5.97 Å². The highest BCUT2D eigenvalue weighted by atomic mass is 16.5. The van der Waals surface area contributed by atoms with E-state index in [4.69, 9.17) is 0 Å². The van der Waals surface area contributed by atoms with Gasteiger partial charge in [-0.1, -0.05) is 6.08 Å². The molecule has 0 bridgehead atoms. The molecule has 0 amide bonds. The lowest BCUT2D eigenvalue weighted by Gasteiger charge is -1.90. The van der Waals surface area contributed by atoms with Gasteiger partial charge in [0.25, 0.3) is 0 Å². The lowest BCUT2D eigenvalue weighted by atomic mass is 10.3. The smallest absolute Gasteiger partial charge is 0.309 e. The highest BCUT2D eigenvalue weighted by molar-refractivity contribution is 5.72. The Morgan fingerprint density at radius 2 is 2.54 bits per heavy atom. The Kier molecular flexibility index (Phi) is 3.25. The van der Waals surface area contributed by atoms with E-state index in [9.17, 15) is 4.79 Å². The van der Waals surface area contributed by atoms with E-state index in [1.165, 1.54) is 7.11 Å². The standard InChI is InChI=1S/C9H12N2O2/c1-11-7-6-8(10-11)4-3-5-9(12)13-2/h3-4,6-7H,5H2,1-2H3. The highest BCUT2D eigenvalue weighted by Crippen LogP contribution is 1.98. The van der Waals surface area contributed by atoms with Crippen LogP contribution in [0.15, 0.2) is 18.3 Å². The van der Waals surface area contributed by atoms with E-state index in [2.05, 4.69) is 9.84 Å². The third-order valence-corrected chi connectivity index (χ3v) is 1.54. The van der Waals surface area contributed by atoms with Gasteiger partial charge in [0.1, 0.15) is 0 Å². The van der Waals surface area contributed by atoms with Crippen molar-refractivity contribution >= 4 is 12.0 Å². The molecule has 70 valence electrons. The van der Waals surface area contributed by atoms with Crippen molar-refractivity contribution < 1.29 is 9.53 Å². The van der Waals surface area contributed by atoms with Crippen LogP contribution in [0, 0.1) is 0 Å². The second-order valence-electron chi connectivity index (χ2n) is 2.60. The van der Waals surface area contributed by atoms with Gasteiger partial charge in [-0.05, 0) is 12.1 Å². The van der Waals surface area contributed by atoms with E-state index in [0.29, 0.717) is 0 Å². The van der Waals surface area contributed by atoms with Crippen molar-refractivity contribution in [1.82, 2.24) is 9.78 Å². The molecule has 0 aliphatic carbocycles. The molecular formula is C9H12N2O2. The van der Waals surface area contributed by atoms with Gasteiger partial charge in [0.2, 0.25) is 0 Å². The Morgan fingerprint density at radius 3 is 3.08 bits per heavy atom. The van der Waals surface area contributed by atoms with E-state index < -0.39 is 0 Å².